The zero-order chi connectivity index (χ0) is 23.6. The van der Waals surface area contributed by atoms with Crippen molar-refractivity contribution in [3.63, 3.8) is 0 Å². The average molecular weight is 474 g/mol. The smallest absolute Gasteiger partial charge is 0.244 e. The number of carbonyl (C=O) groups excluding carboxylic acids is 3. The fourth-order valence-electron chi connectivity index (χ4n) is 6.03. The van der Waals surface area contributed by atoms with Crippen molar-refractivity contribution in [1.82, 2.24) is 10.2 Å². The van der Waals surface area contributed by atoms with Crippen LogP contribution in [0.1, 0.15) is 52.4 Å². The van der Waals surface area contributed by atoms with E-state index in [-0.39, 0.29) is 29.1 Å². The number of amides is 3. The summed E-state index contributed by atoms with van der Waals surface area (Å²) in [5, 5.41) is 15.5. The number of aliphatic hydroxyl groups excluding tert-OH is 1. The molecule has 1 aromatic rings. The van der Waals surface area contributed by atoms with E-state index in [1.807, 2.05) is 30.3 Å². The summed E-state index contributed by atoms with van der Waals surface area (Å²) < 4.78 is -0.988. The molecule has 33 heavy (non-hydrogen) atoms. The number of thioether (sulfide) groups is 1. The fourth-order valence-corrected chi connectivity index (χ4v) is 8.39. The first-order valence-corrected chi connectivity index (χ1v) is 12.9. The number of anilines is 1. The Morgan fingerprint density at radius 2 is 1.91 bits per heavy atom. The van der Waals surface area contributed by atoms with Crippen molar-refractivity contribution in [3.8, 4) is 0 Å². The van der Waals surface area contributed by atoms with Crippen LogP contribution in [-0.2, 0) is 14.4 Å². The fraction of sp³-hybridized carbons (Fsp3) is 0.640. The molecule has 3 N–H and O–H groups in total. The highest BCUT2D eigenvalue weighted by Gasteiger charge is 2.76. The number of hydrogen-bond acceptors (Lipinski definition) is 5. The number of carbonyl (C=O) groups is 3. The number of hydrogen-bond donors (Lipinski definition) is 3. The number of para-hydroxylation sites is 1. The zero-order valence-electron chi connectivity index (χ0n) is 19.5. The Morgan fingerprint density at radius 1 is 1.15 bits per heavy atom. The highest BCUT2D eigenvalue weighted by Crippen LogP contribution is 2.71. The first-order chi connectivity index (χ1) is 15.9. The van der Waals surface area contributed by atoms with Crippen molar-refractivity contribution >= 4 is 35.2 Å². The Morgan fingerprint density at radius 3 is 2.61 bits per heavy atom. The van der Waals surface area contributed by atoms with Gasteiger partial charge < -0.3 is 20.6 Å². The lowest BCUT2D eigenvalue weighted by Crippen LogP contribution is -2.54. The number of unbranched alkanes of at least 4 members (excludes halogenated alkanes) is 2. The molecule has 2 bridgehead atoms. The third-order valence-electron chi connectivity index (χ3n) is 7.49. The van der Waals surface area contributed by atoms with Crippen LogP contribution in [0.5, 0.6) is 0 Å². The van der Waals surface area contributed by atoms with Crippen LogP contribution in [0, 0.1) is 11.8 Å². The molecule has 3 aliphatic heterocycles. The summed E-state index contributed by atoms with van der Waals surface area (Å²) in [5.41, 5.74) is 0.709. The van der Waals surface area contributed by atoms with Crippen molar-refractivity contribution in [2.24, 2.45) is 11.8 Å². The molecule has 0 aromatic heterocycles. The molecule has 7 nitrogen and oxygen atoms in total. The molecule has 0 aliphatic carbocycles. The standard InChI is InChI=1S/C25H35N3O4S/c1-3-4-8-14-26-22(31)20-25-13-12-24(2,33-25)18(19(25)23(32)28(20)15-9-16-29)21(30)27-17-10-6-5-7-11-17/h5-7,10-11,18-20,29H,3-4,8-9,12-16H2,1-2H3,(H,26,31)(H,27,30)/t18-,19+,20?,24+,25?/m1/s1. The van der Waals surface area contributed by atoms with Crippen molar-refractivity contribution in [3.05, 3.63) is 30.3 Å². The maximum Gasteiger partial charge on any atom is 0.244 e. The van der Waals surface area contributed by atoms with E-state index in [0.29, 0.717) is 25.2 Å². The highest BCUT2D eigenvalue weighted by molar-refractivity contribution is 8.02. The van der Waals surface area contributed by atoms with Crippen LogP contribution in [0.15, 0.2) is 30.3 Å². The summed E-state index contributed by atoms with van der Waals surface area (Å²) >= 11 is 1.67. The SMILES string of the molecule is CCCCCNC(=O)C1N(CCCO)C(=O)[C@@H]2[C@H](C(=O)Nc3ccccc3)[C@]3(C)CCC12S3. The van der Waals surface area contributed by atoms with Gasteiger partial charge in [-0.3, -0.25) is 14.4 Å². The maximum absolute atomic E-state index is 13.7. The number of nitrogens with one attached hydrogen (secondary N) is 2. The monoisotopic (exact) mass is 473 g/mol. The Labute approximate surface area is 200 Å². The number of aliphatic hydroxyl groups is 1. The van der Waals surface area contributed by atoms with Gasteiger partial charge in [0.05, 0.1) is 16.6 Å². The number of likely N-dealkylation sites (tertiary alicyclic amines) is 1. The van der Waals surface area contributed by atoms with Crippen LogP contribution in [-0.4, -0.2) is 63.0 Å². The second-order valence-corrected chi connectivity index (χ2v) is 11.6. The molecule has 3 aliphatic rings. The molecule has 2 unspecified atom stereocenters. The van der Waals surface area contributed by atoms with Crippen LogP contribution in [0.4, 0.5) is 5.69 Å². The van der Waals surface area contributed by atoms with Gasteiger partial charge in [0.15, 0.2) is 0 Å². The van der Waals surface area contributed by atoms with Gasteiger partial charge in [0.1, 0.15) is 6.04 Å². The summed E-state index contributed by atoms with van der Waals surface area (Å²) in [6.07, 6.45) is 4.96. The van der Waals surface area contributed by atoms with Crippen molar-refractivity contribution in [1.29, 1.82) is 0 Å². The van der Waals surface area contributed by atoms with Crippen LogP contribution in [0.25, 0.3) is 0 Å². The minimum atomic E-state index is -0.607. The highest BCUT2D eigenvalue weighted by atomic mass is 32.2. The first-order valence-electron chi connectivity index (χ1n) is 12.1. The lowest BCUT2D eigenvalue weighted by atomic mass is 9.66. The molecule has 8 heteroatoms. The largest absolute Gasteiger partial charge is 0.396 e. The predicted molar refractivity (Wildman–Crippen MR) is 130 cm³/mol. The Balaban J connectivity index is 1.63. The summed E-state index contributed by atoms with van der Waals surface area (Å²) in [6.45, 7) is 5.06. The van der Waals surface area contributed by atoms with Crippen molar-refractivity contribution in [2.45, 2.75) is 67.9 Å². The summed E-state index contributed by atoms with van der Waals surface area (Å²) in [7, 11) is 0. The second kappa shape index (κ2) is 9.66. The molecule has 3 heterocycles. The second-order valence-electron chi connectivity index (χ2n) is 9.69. The quantitative estimate of drug-likeness (QED) is 0.454. The van der Waals surface area contributed by atoms with E-state index < -0.39 is 22.6 Å². The minimum Gasteiger partial charge on any atom is -0.396 e. The van der Waals surface area contributed by atoms with Gasteiger partial charge in [-0.2, -0.15) is 0 Å². The lowest BCUT2D eigenvalue weighted by Gasteiger charge is -2.34. The Hall–Kier alpha value is -2.06. The van der Waals surface area contributed by atoms with Gasteiger partial charge in [-0.15, -0.1) is 11.8 Å². The van der Waals surface area contributed by atoms with Gasteiger partial charge in [0.2, 0.25) is 17.7 Å². The van der Waals surface area contributed by atoms with Crippen molar-refractivity contribution in [2.75, 3.05) is 25.0 Å². The third-order valence-corrected chi connectivity index (χ3v) is 9.47. The molecular formula is C25H35N3O4S. The molecule has 3 fully saturated rings. The Bertz CT molecular complexity index is 897. The lowest BCUT2D eigenvalue weighted by molar-refractivity contribution is -0.139. The molecule has 180 valence electrons. The van der Waals surface area contributed by atoms with E-state index in [1.165, 1.54) is 0 Å². The molecule has 1 spiro atoms. The first kappa shape index (κ1) is 24.1. The van der Waals surface area contributed by atoms with E-state index in [1.54, 1.807) is 16.7 Å². The zero-order valence-corrected chi connectivity index (χ0v) is 20.3. The molecule has 5 atom stereocenters. The number of nitrogens with zero attached hydrogens (tertiary/aromatic N) is 1. The van der Waals surface area contributed by atoms with E-state index >= 15 is 0 Å². The van der Waals surface area contributed by atoms with Crippen LogP contribution in [0.2, 0.25) is 0 Å². The average Bonchev–Trinajstić information content (AvgIpc) is 3.36. The molecule has 0 saturated carbocycles. The van der Waals surface area contributed by atoms with Gasteiger partial charge in [0.25, 0.3) is 0 Å². The van der Waals surface area contributed by atoms with Crippen LogP contribution in [0.3, 0.4) is 0 Å². The number of fused-ring (bicyclic) bond motifs is 1. The maximum atomic E-state index is 13.7. The van der Waals surface area contributed by atoms with Gasteiger partial charge in [-0.1, -0.05) is 38.0 Å². The van der Waals surface area contributed by atoms with Crippen molar-refractivity contribution < 1.29 is 19.5 Å². The molecule has 3 saturated heterocycles. The molecule has 4 rings (SSSR count). The molecule has 0 radical (unpaired) electrons. The van der Waals surface area contributed by atoms with Gasteiger partial charge >= 0.3 is 0 Å². The van der Waals surface area contributed by atoms with E-state index in [2.05, 4.69) is 24.5 Å². The third kappa shape index (κ3) is 4.16. The predicted octanol–water partition coefficient (Wildman–Crippen LogP) is 2.80. The summed E-state index contributed by atoms with van der Waals surface area (Å²) in [4.78, 5) is 42.3. The van der Waals surface area contributed by atoms with E-state index in [0.717, 1.165) is 32.1 Å². The van der Waals surface area contributed by atoms with Gasteiger partial charge in [-0.25, -0.2) is 0 Å². The topological polar surface area (TPSA) is 98.7 Å². The van der Waals surface area contributed by atoms with E-state index in [9.17, 15) is 19.5 Å². The van der Waals surface area contributed by atoms with E-state index in [4.69, 9.17) is 0 Å². The molecular weight excluding hydrogens is 438 g/mol. The molecule has 3 amide bonds. The molecule has 1 aromatic carbocycles. The normalized spacial score (nSPS) is 32.2. The summed E-state index contributed by atoms with van der Waals surface area (Å²) in [6, 6.07) is 8.70. The number of benzene rings is 1. The Kier molecular flexibility index (Phi) is 7.05. The minimum absolute atomic E-state index is 0.0466. The van der Waals surface area contributed by atoms with Gasteiger partial charge in [0, 0.05) is 30.1 Å². The summed E-state index contributed by atoms with van der Waals surface area (Å²) in [5.74, 6) is -1.43. The number of rotatable bonds is 10. The van der Waals surface area contributed by atoms with Gasteiger partial charge in [-0.05, 0) is 44.7 Å². The van der Waals surface area contributed by atoms with Crippen LogP contribution >= 0.6 is 11.8 Å². The van der Waals surface area contributed by atoms with Crippen LogP contribution < -0.4 is 10.6 Å².